The fourth-order valence-corrected chi connectivity index (χ4v) is 2.23. The first kappa shape index (κ1) is 10.4. The van der Waals surface area contributed by atoms with Gasteiger partial charge in [-0.2, -0.15) is 0 Å². The molecule has 2 rings (SSSR count). The summed E-state index contributed by atoms with van der Waals surface area (Å²) in [5.41, 5.74) is 6.08. The van der Waals surface area contributed by atoms with Gasteiger partial charge in [0.1, 0.15) is 5.82 Å². The molecule has 2 heterocycles. The van der Waals surface area contributed by atoms with E-state index >= 15 is 0 Å². The van der Waals surface area contributed by atoms with Crippen LogP contribution >= 0.6 is 0 Å². The summed E-state index contributed by atoms with van der Waals surface area (Å²) in [5.74, 6) is 1.70. The SMILES string of the molecule is CCC1CN(c2ccccn2)CCC1N. The molecule has 0 saturated carbocycles. The van der Waals surface area contributed by atoms with Crippen LogP contribution in [0.2, 0.25) is 0 Å². The third-order valence-corrected chi connectivity index (χ3v) is 3.29. The molecule has 1 saturated heterocycles. The smallest absolute Gasteiger partial charge is 0.128 e. The lowest BCUT2D eigenvalue weighted by molar-refractivity contribution is 0.347. The van der Waals surface area contributed by atoms with Gasteiger partial charge in [-0.05, 0) is 24.5 Å². The van der Waals surface area contributed by atoms with Crippen molar-refractivity contribution in [1.82, 2.24) is 4.98 Å². The first-order valence-corrected chi connectivity index (χ1v) is 5.73. The van der Waals surface area contributed by atoms with Gasteiger partial charge in [-0.1, -0.05) is 19.4 Å². The van der Waals surface area contributed by atoms with E-state index < -0.39 is 0 Å². The maximum absolute atomic E-state index is 6.08. The molecule has 2 N–H and O–H groups in total. The highest BCUT2D eigenvalue weighted by Gasteiger charge is 2.25. The molecule has 0 spiro atoms. The third kappa shape index (κ3) is 2.29. The second-order valence-corrected chi connectivity index (χ2v) is 4.25. The third-order valence-electron chi connectivity index (χ3n) is 3.29. The molecule has 3 nitrogen and oxygen atoms in total. The van der Waals surface area contributed by atoms with E-state index in [1.807, 2.05) is 18.3 Å². The summed E-state index contributed by atoms with van der Waals surface area (Å²) in [4.78, 5) is 6.73. The molecule has 2 unspecified atom stereocenters. The zero-order valence-corrected chi connectivity index (χ0v) is 9.26. The molecular formula is C12H19N3. The van der Waals surface area contributed by atoms with Crippen molar-refractivity contribution in [2.45, 2.75) is 25.8 Å². The number of piperidine rings is 1. The molecule has 15 heavy (non-hydrogen) atoms. The number of pyridine rings is 1. The fraction of sp³-hybridized carbons (Fsp3) is 0.583. The monoisotopic (exact) mass is 205 g/mol. The summed E-state index contributed by atoms with van der Waals surface area (Å²) >= 11 is 0. The minimum Gasteiger partial charge on any atom is -0.356 e. The summed E-state index contributed by atoms with van der Waals surface area (Å²) in [6, 6.07) is 6.44. The van der Waals surface area contributed by atoms with Crippen LogP contribution in [0.3, 0.4) is 0 Å². The van der Waals surface area contributed by atoms with Crippen molar-refractivity contribution < 1.29 is 0 Å². The van der Waals surface area contributed by atoms with Crippen molar-refractivity contribution in [2.75, 3.05) is 18.0 Å². The highest BCUT2D eigenvalue weighted by Crippen LogP contribution is 2.22. The number of nitrogens with zero attached hydrogens (tertiary/aromatic N) is 2. The number of anilines is 1. The van der Waals surface area contributed by atoms with Crippen LogP contribution in [-0.2, 0) is 0 Å². The quantitative estimate of drug-likeness (QED) is 0.798. The Balaban J connectivity index is 2.06. The van der Waals surface area contributed by atoms with Crippen molar-refractivity contribution >= 4 is 5.82 Å². The average molecular weight is 205 g/mol. The molecule has 1 aliphatic heterocycles. The van der Waals surface area contributed by atoms with Gasteiger partial charge in [0.05, 0.1) is 0 Å². The van der Waals surface area contributed by atoms with Gasteiger partial charge >= 0.3 is 0 Å². The predicted molar refractivity (Wildman–Crippen MR) is 62.8 cm³/mol. The highest BCUT2D eigenvalue weighted by atomic mass is 15.2. The van der Waals surface area contributed by atoms with Crippen molar-refractivity contribution in [1.29, 1.82) is 0 Å². The second-order valence-electron chi connectivity index (χ2n) is 4.25. The van der Waals surface area contributed by atoms with Crippen LogP contribution in [0.4, 0.5) is 5.82 Å². The number of hydrogen-bond donors (Lipinski definition) is 1. The van der Waals surface area contributed by atoms with Crippen molar-refractivity contribution in [3.8, 4) is 0 Å². The van der Waals surface area contributed by atoms with Gasteiger partial charge in [0.25, 0.3) is 0 Å². The van der Waals surface area contributed by atoms with Crippen LogP contribution in [0.1, 0.15) is 19.8 Å². The van der Waals surface area contributed by atoms with E-state index in [1.54, 1.807) is 0 Å². The first-order chi connectivity index (χ1) is 7.31. The molecule has 1 aromatic rings. The number of rotatable bonds is 2. The largest absolute Gasteiger partial charge is 0.356 e. The minimum absolute atomic E-state index is 0.370. The lowest BCUT2D eigenvalue weighted by Gasteiger charge is -2.37. The maximum atomic E-state index is 6.08. The first-order valence-electron chi connectivity index (χ1n) is 5.73. The van der Waals surface area contributed by atoms with Crippen LogP contribution in [0.15, 0.2) is 24.4 Å². The Labute approximate surface area is 91.3 Å². The molecule has 0 radical (unpaired) electrons. The average Bonchev–Trinajstić information content (AvgIpc) is 2.31. The van der Waals surface area contributed by atoms with Crippen LogP contribution in [0.5, 0.6) is 0 Å². The fourth-order valence-electron chi connectivity index (χ4n) is 2.23. The molecule has 2 atom stereocenters. The molecule has 0 bridgehead atoms. The second kappa shape index (κ2) is 4.62. The van der Waals surface area contributed by atoms with Gasteiger partial charge in [-0.15, -0.1) is 0 Å². The number of nitrogens with two attached hydrogens (primary N) is 1. The van der Waals surface area contributed by atoms with Gasteiger partial charge in [0.2, 0.25) is 0 Å². The summed E-state index contributed by atoms with van der Waals surface area (Å²) in [6.07, 6.45) is 4.09. The van der Waals surface area contributed by atoms with Gasteiger partial charge in [-0.25, -0.2) is 4.98 Å². The molecule has 1 aliphatic rings. The predicted octanol–water partition coefficient (Wildman–Crippen LogP) is 1.65. The van der Waals surface area contributed by atoms with Crippen molar-refractivity contribution in [3.05, 3.63) is 24.4 Å². The molecule has 1 fully saturated rings. The summed E-state index contributed by atoms with van der Waals surface area (Å²) in [7, 11) is 0. The Morgan fingerprint density at radius 3 is 3.07 bits per heavy atom. The molecular weight excluding hydrogens is 186 g/mol. The van der Waals surface area contributed by atoms with E-state index in [9.17, 15) is 0 Å². The van der Waals surface area contributed by atoms with Crippen LogP contribution < -0.4 is 10.6 Å². The van der Waals surface area contributed by atoms with Crippen molar-refractivity contribution in [2.24, 2.45) is 11.7 Å². The number of hydrogen-bond acceptors (Lipinski definition) is 3. The summed E-state index contributed by atoms with van der Waals surface area (Å²) in [6.45, 7) is 4.30. The molecule has 0 aromatic carbocycles. The Kier molecular flexibility index (Phi) is 3.21. The maximum Gasteiger partial charge on any atom is 0.128 e. The normalized spacial score (nSPS) is 26.7. The van der Waals surface area contributed by atoms with Gasteiger partial charge < -0.3 is 10.6 Å². The van der Waals surface area contributed by atoms with E-state index in [4.69, 9.17) is 5.73 Å². The molecule has 82 valence electrons. The molecule has 0 aliphatic carbocycles. The molecule has 3 heteroatoms. The zero-order valence-electron chi connectivity index (χ0n) is 9.26. The molecule has 0 amide bonds. The van der Waals surface area contributed by atoms with E-state index in [1.165, 1.54) is 0 Å². The minimum atomic E-state index is 0.370. The Morgan fingerprint density at radius 2 is 2.40 bits per heavy atom. The van der Waals surface area contributed by atoms with Gasteiger partial charge in [-0.3, -0.25) is 0 Å². The Morgan fingerprint density at radius 1 is 1.53 bits per heavy atom. The topological polar surface area (TPSA) is 42.2 Å². The molecule has 1 aromatic heterocycles. The van der Waals surface area contributed by atoms with Crippen LogP contribution in [0.25, 0.3) is 0 Å². The van der Waals surface area contributed by atoms with Crippen molar-refractivity contribution in [3.63, 3.8) is 0 Å². The van der Waals surface area contributed by atoms with E-state index in [0.29, 0.717) is 12.0 Å². The Hall–Kier alpha value is -1.09. The number of aromatic nitrogens is 1. The van der Waals surface area contributed by atoms with E-state index in [2.05, 4.69) is 22.9 Å². The highest BCUT2D eigenvalue weighted by molar-refractivity contribution is 5.38. The lowest BCUT2D eigenvalue weighted by atomic mass is 9.91. The zero-order chi connectivity index (χ0) is 10.7. The van der Waals surface area contributed by atoms with Gasteiger partial charge in [0.15, 0.2) is 0 Å². The standard InChI is InChI=1S/C12H19N3/c1-2-10-9-15(8-6-11(10)13)12-5-3-4-7-14-12/h3-5,7,10-11H,2,6,8-9,13H2,1H3. The van der Waals surface area contributed by atoms with E-state index in [0.717, 1.165) is 31.7 Å². The Bertz CT molecular complexity index is 299. The lowest BCUT2D eigenvalue weighted by Crippen LogP contribution is -2.47. The van der Waals surface area contributed by atoms with Gasteiger partial charge in [0, 0.05) is 25.3 Å². The van der Waals surface area contributed by atoms with E-state index in [-0.39, 0.29) is 0 Å². The van der Waals surface area contributed by atoms with Crippen LogP contribution in [-0.4, -0.2) is 24.1 Å². The van der Waals surface area contributed by atoms with Crippen LogP contribution in [0, 0.1) is 5.92 Å². The summed E-state index contributed by atoms with van der Waals surface area (Å²) in [5, 5.41) is 0. The summed E-state index contributed by atoms with van der Waals surface area (Å²) < 4.78 is 0.